The fourth-order valence-corrected chi connectivity index (χ4v) is 4.11. The number of hydrogen-bond donors (Lipinski definition) is 0. The van der Waals surface area contributed by atoms with Crippen molar-refractivity contribution >= 4 is 23.1 Å². The van der Waals surface area contributed by atoms with Gasteiger partial charge in [0.25, 0.3) is 0 Å². The fourth-order valence-electron chi connectivity index (χ4n) is 2.92. The molecule has 0 atom stereocenters. The molecular weight excluding hydrogens is 290 g/mol. The Morgan fingerprint density at radius 3 is 2.59 bits per heavy atom. The number of benzene rings is 2. The van der Waals surface area contributed by atoms with Crippen molar-refractivity contribution in [3.8, 4) is 5.75 Å². The molecule has 0 aliphatic carbocycles. The summed E-state index contributed by atoms with van der Waals surface area (Å²) < 4.78 is 5.57. The van der Waals surface area contributed by atoms with Gasteiger partial charge in [-0.15, -0.1) is 0 Å². The first-order valence-corrected chi connectivity index (χ1v) is 8.88. The Labute approximate surface area is 137 Å². The van der Waals surface area contributed by atoms with Crippen LogP contribution in [-0.4, -0.2) is 13.7 Å². The number of para-hydroxylation sites is 1. The molecule has 0 amide bonds. The van der Waals surface area contributed by atoms with Gasteiger partial charge in [-0.05, 0) is 30.7 Å². The highest BCUT2D eigenvalue weighted by atomic mass is 32.2. The Morgan fingerprint density at radius 2 is 1.77 bits per heavy atom. The molecule has 0 N–H and O–H groups in total. The zero-order valence-corrected chi connectivity index (χ0v) is 14.2. The number of rotatable bonds is 6. The van der Waals surface area contributed by atoms with E-state index in [2.05, 4.69) is 54.3 Å². The summed E-state index contributed by atoms with van der Waals surface area (Å²) in [6.07, 6.45) is 5.11. The second kappa shape index (κ2) is 7.10. The second-order valence-corrected chi connectivity index (χ2v) is 6.64. The number of fused-ring (bicyclic) bond motifs is 2. The molecule has 1 heterocycles. The summed E-state index contributed by atoms with van der Waals surface area (Å²) in [7, 11) is 1.75. The van der Waals surface area contributed by atoms with Crippen molar-refractivity contribution in [3.05, 3.63) is 42.5 Å². The van der Waals surface area contributed by atoms with Gasteiger partial charge in [-0.2, -0.15) is 0 Å². The highest BCUT2D eigenvalue weighted by Crippen LogP contribution is 2.51. The van der Waals surface area contributed by atoms with Gasteiger partial charge in [0.15, 0.2) is 0 Å². The van der Waals surface area contributed by atoms with Crippen LogP contribution in [0, 0.1) is 0 Å². The fraction of sp³-hybridized carbons (Fsp3) is 0.368. The molecule has 2 aromatic carbocycles. The molecule has 0 aromatic heterocycles. The zero-order valence-electron chi connectivity index (χ0n) is 13.3. The molecule has 3 rings (SSSR count). The van der Waals surface area contributed by atoms with E-state index in [-0.39, 0.29) is 0 Å². The molecule has 0 unspecified atom stereocenters. The van der Waals surface area contributed by atoms with Gasteiger partial charge >= 0.3 is 0 Å². The molecule has 0 radical (unpaired) electrons. The maximum atomic E-state index is 5.57. The Morgan fingerprint density at radius 1 is 0.955 bits per heavy atom. The number of hydrogen-bond acceptors (Lipinski definition) is 3. The van der Waals surface area contributed by atoms with E-state index in [0.29, 0.717) is 0 Å². The minimum Gasteiger partial charge on any atom is -0.495 e. The van der Waals surface area contributed by atoms with Crippen molar-refractivity contribution in [2.24, 2.45) is 0 Å². The van der Waals surface area contributed by atoms with Gasteiger partial charge in [0.05, 0.1) is 23.4 Å². The largest absolute Gasteiger partial charge is 0.495 e. The predicted octanol–water partition coefficient (Wildman–Crippen LogP) is 5.88. The highest BCUT2D eigenvalue weighted by Gasteiger charge is 2.25. The van der Waals surface area contributed by atoms with E-state index < -0.39 is 0 Å². The molecule has 0 fully saturated rings. The van der Waals surface area contributed by atoms with E-state index in [1.54, 1.807) is 7.11 Å². The first-order valence-electron chi connectivity index (χ1n) is 8.06. The number of ether oxygens (including phenoxy) is 1. The van der Waals surface area contributed by atoms with Crippen LogP contribution in [0.3, 0.4) is 0 Å². The van der Waals surface area contributed by atoms with Gasteiger partial charge < -0.3 is 9.64 Å². The third-order valence-corrected chi connectivity index (χ3v) is 5.25. The van der Waals surface area contributed by atoms with E-state index in [1.165, 1.54) is 46.8 Å². The molecule has 0 bridgehead atoms. The average Bonchev–Trinajstić information content (AvgIpc) is 2.57. The molecule has 0 spiro atoms. The first-order chi connectivity index (χ1) is 10.8. The molecule has 2 aromatic rings. The lowest BCUT2D eigenvalue weighted by atomic mass is 10.1. The Kier molecular flexibility index (Phi) is 4.94. The number of anilines is 2. The van der Waals surface area contributed by atoms with Gasteiger partial charge in [-0.1, -0.05) is 56.1 Å². The van der Waals surface area contributed by atoms with Crippen LogP contribution >= 0.6 is 11.8 Å². The van der Waals surface area contributed by atoms with Crippen molar-refractivity contribution in [3.63, 3.8) is 0 Å². The van der Waals surface area contributed by atoms with Crippen LogP contribution in [0.5, 0.6) is 5.75 Å². The summed E-state index contributed by atoms with van der Waals surface area (Å²) >= 11 is 1.81. The zero-order chi connectivity index (χ0) is 15.4. The van der Waals surface area contributed by atoms with E-state index in [1.807, 2.05) is 11.8 Å². The van der Waals surface area contributed by atoms with Crippen molar-refractivity contribution in [2.45, 2.75) is 42.4 Å². The summed E-state index contributed by atoms with van der Waals surface area (Å²) in [5, 5.41) is 0. The summed E-state index contributed by atoms with van der Waals surface area (Å²) in [5.74, 6) is 0.968. The maximum Gasteiger partial charge on any atom is 0.134 e. The third-order valence-electron chi connectivity index (χ3n) is 4.07. The van der Waals surface area contributed by atoms with E-state index in [9.17, 15) is 0 Å². The van der Waals surface area contributed by atoms with Gasteiger partial charge in [0.2, 0.25) is 0 Å². The van der Waals surface area contributed by atoms with E-state index >= 15 is 0 Å². The number of nitrogens with zero attached hydrogens (tertiary/aromatic N) is 1. The summed E-state index contributed by atoms with van der Waals surface area (Å²) in [4.78, 5) is 5.01. The Bertz CT molecular complexity index is 641. The van der Waals surface area contributed by atoms with Crippen LogP contribution in [0.2, 0.25) is 0 Å². The quantitative estimate of drug-likeness (QED) is 0.618. The maximum absolute atomic E-state index is 5.57. The number of methoxy groups -OCH3 is 1. The molecule has 0 saturated heterocycles. The highest BCUT2D eigenvalue weighted by molar-refractivity contribution is 7.99. The lowest BCUT2D eigenvalue weighted by Crippen LogP contribution is -2.22. The molecule has 2 nitrogen and oxygen atoms in total. The minimum absolute atomic E-state index is 0.968. The molecule has 1 aliphatic heterocycles. The lowest BCUT2D eigenvalue weighted by molar-refractivity contribution is 0.405. The first kappa shape index (κ1) is 15.3. The van der Waals surface area contributed by atoms with Crippen LogP contribution in [0.1, 0.15) is 32.6 Å². The lowest BCUT2D eigenvalue weighted by Gasteiger charge is -2.33. The topological polar surface area (TPSA) is 12.5 Å². The molecule has 1 aliphatic rings. The Hall–Kier alpha value is -1.61. The SMILES string of the molecule is CCCCCCN1c2ccccc2Sc2c(OC)cccc21. The van der Waals surface area contributed by atoms with Crippen LogP contribution in [0.15, 0.2) is 52.3 Å². The normalized spacial score (nSPS) is 12.7. The summed E-state index contributed by atoms with van der Waals surface area (Å²) in [5.41, 5.74) is 2.60. The Balaban J connectivity index is 1.94. The van der Waals surface area contributed by atoms with Gasteiger partial charge in [0, 0.05) is 11.4 Å². The van der Waals surface area contributed by atoms with E-state index in [4.69, 9.17) is 4.74 Å². The standard InChI is InChI=1S/C19H23NOS/c1-3-4-5-8-14-20-15-10-6-7-13-18(15)22-19-16(20)11-9-12-17(19)21-2/h6-7,9-13H,3-5,8,14H2,1-2H3. The van der Waals surface area contributed by atoms with E-state index in [0.717, 1.165) is 12.3 Å². The van der Waals surface area contributed by atoms with Crippen LogP contribution in [0.4, 0.5) is 11.4 Å². The number of unbranched alkanes of at least 4 members (excludes halogenated alkanes) is 3. The molecular formula is C19H23NOS. The molecule has 116 valence electrons. The smallest absolute Gasteiger partial charge is 0.134 e. The monoisotopic (exact) mass is 313 g/mol. The van der Waals surface area contributed by atoms with Crippen molar-refractivity contribution in [1.82, 2.24) is 0 Å². The van der Waals surface area contributed by atoms with Gasteiger partial charge in [0.1, 0.15) is 5.75 Å². The van der Waals surface area contributed by atoms with Crippen molar-refractivity contribution in [1.29, 1.82) is 0 Å². The van der Waals surface area contributed by atoms with Crippen LogP contribution < -0.4 is 9.64 Å². The van der Waals surface area contributed by atoms with Crippen LogP contribution in [0.25, 0.3) is 0 Å². The van der Waals surface area contributed by atoms with Crippen molar-refractivity contribution < 1.29 is 4.74 Å². The second-order valence-electron chi connectivity index (χ2n) is 5.59. The molecule has 0 saturated carbocycles. The minimum atomic E-state index is 0.968. The third kappa shape index (κ3) is 2.95. The summed E-state index contributed by atoms with van der Waals surface area (Å²) in [6.45, 7) is 3.32. The average molecular weight is 313 g/mol. The molecule has 22 heavy (non-hydrogen) atoms. The van der Waals surface area contributed by atoms with Gasteiger partial charge in [-0.3, -0.25) is 0 Å². The van der Waals surface area contributed by atoms with Crippen LogP contribution in [-0.2, 0) is 0 Å². The van der Waals surface area contributed by atoms with Crippen molar-refractivity contribution in [2.75, 3.05) is 18.6 Å². The predicted molar refractivity (Wildman–Crippen MR) is 94.7 cm³/mol. The van der Waals surface area contributed by atoms with Gasteiger partial charge in [-0.25, -0.2) is 0 Å². The summed E-state index contributed by atoms with van der Waals surface area (Å²) in [6, 6.07) is 15.0. The molecule has 3 heteroatoms.